The van der Waals surface area contributed by atoms with Crippen molar-refractivity contribution >= 4 is 49.7 Å². The lowest BCUT2D eigenvalue weighted by atomic mass is 10.1. The third kappa shape index (κ3) is 16.1. The van der Waals surface area contributed by atoms with E-state index >= 15 is 0 Å². The molecule has 0 saturated carbocycles. The van der Waals surface area contributed by atoms with E-state index in [0.29, 0.717) is 36.5 Å². The number of carbonyl (C=O) groups excluding carboxylic acids is 6. The standard InChI is InChI=1S/C26H29BO12.C12H14O4.C6H13BO6.CH4.H2/c1-3-21-15-36-27(38-21)37-16-22(39-27)14-35-26(31)20-10-8-19(9-11-20)25(30)34-13-12-33-24(29)18-6-4-17(5-7-18)23(28)32-2;1-3-8-16-12(14)10-6-4-9(5-7-10)11(13)15-2;8-1-5-3-10-7(12-5)11-4-6(2-9)13-7;;/h4-11,21-22,38H,3,12-16H2,1-2H3;4-7H,3,8H2,1-2H3;5-6,8-9,12H,1-4H2;1H4;1H/i;;;;1+1. The van der Waals surface area contributed by atoms with Crippen LogP contribution < -0.4 is 0 Å². The van der Waals surface area contributed by atoms with Gasteiger partial charge in [-0.25, -0.2) is 28.8 Å². The largest absolute Gasteiger partial charge is 0.730 e. The first-order valence-corrected chi connectivity index (χ1v) is 21.8. The highest BCUT2D eigenvalue weighted by atomic mass is 16.9. The lowest BCUT2D eigenvalue weighted by Gasteiger charge is -2.22. The van der Waals surface area contributed by atoms with Crippen molar-refractivity contribution in [2.45, 2.75) is 58.5 Å². The second kappa shape index (κ2) is 27.4. The lowest BCUT2D eigenvalue weighted by Crippen LogP contribution is -2.44. The van der Waals surface area contributed by atoms with Gasteiger partial charge in [0.1, 0.15) is 32.5 Å². The molecule has 0 amide bonds. The number of hydrogen-bond donors (Lipinski definition) is 2. The predicted octanol–water partition coefficient (Wildman–Crippen LogP) is 2.50. The molecule has 2 spiro atoms. The number of rotatable bonds is 16. The van der Waals surface area contributed by atoms with Gasteiger partial charge >= 0.3 is 49.7 Å². The summed E-state index contributed by atoms with van der Waals surface area (Å²) in [6, 6.07) is 17.6. The van der Waals surface area contributed by atoms with Crippen LogP contribution in [0.3, 0.4) is 0 Å². The van der Waals surface area contributed by atoms with Crippen LogP contribution in [0.15, 0.2) is 72.8 Å². The molecule has 22 nitrogen and oxygen atoms in total. The zero-order chi connectivity index (χ0) is 49.1. The minimum Gasteiger partial charge on any atom is -0.601 e. The van der Waals surface area contributed by atoms with Gasteiger partial charge in [0.15, 0.2) is 6.10 Å². The van der Waals surface area contributed by atoms with E-state index in [0.717, 1.165) is 12.8 Å². The van der Waals surface area contributed by atoms with Crippen LogP contribution in [0.5, 0.6) is 0 Å². The van der Waals surface area contributed by atoms with Gasteiger partial charge in [0.05, 0.1) is 86.2 Å². The molecule has 380 valence electrons. The summed E-state index contributed by atoms with van der Waals surface area (Å²) in [4.78, 5) is 70.7. The number of benzene rings is 3. The molecule has 3 aromatic carbocycles. The number of methoxy groups -OCH3 is 2. The minimum absolute atomic E-state index is 0. The highest BCUT2D eigenvalue weighted by molar-refractivity contribution is 6.54. The van der Waals surface area contributed by atoms with Crippen molar-refractivity contribution in [1.29, 1.82) is 0 Å². The predicted molar refractivity (Wildman–Crippen MR) is 244 cm³/mol. The second-order valence-corrected chi connectivity index (χ2v) is 15.2. The quantitative estimate of drug-likeness (QED) is 0.0686. The van der Waals surface area contributed by atoms with Crippen LogP contribution in [0.25, 0.3) is 0 Å². The smallest absolute Gasteiger partial charge is 0.601 e. The van der Waals surface area contributed by atoms with E-state index in [1.165, 1.54) is 74.9 Å². The highest BCUT2D eigenvalue weighted by Crippen LogP contribution is 2.28. The average Bonchev–Trinajstić information content (AvgIpc) is 4.20. The molecule has 0 aliphatic carbocycles. The number of aliphatic hydroxyl groups is 4. The molecule has 0 radical (unpaired) electrons. The Labute approximate surface area is 400 Å². The molecule has 0 aromatic heterocycles. The average molecular weight is 978 g/mol. The van der Waals surface area contributed by atoms with Crippen molar-refractivity contribution in [1.82, 2.24) is 0 Å². The Morgan fingerprint density at radius 2 is 0.870 bits per heavy atom. The first kappa shape index (κ1) is 55.8. The molecule has 69 heavy (non-hydrogen) atoms. The van der Waals surface area contributed by atoms with Gasteiger partial charge in [0.2, 0.25) is 0 Å². The normalized spacial score (nSPS) is 23.0. The topological polar surface area (TPSA) is 279 Å². The van der Waals surface area contributed by atoms with E-state index in [1.807, 2.05) is 13.8 Å². The summed E-state index contributed by atoms with van der Waals surface area (Å²) in [6.07, 6.45) is 0.522. The molecule has 24 heteroatoms. The maximum atomic E-state index is 12.4. The van der Waals surface area contributed by atoms with Crippen molar-refractivity contribution < 1.29 is 106 Å². The summed E-state index contributed by atoms with van der Waals surface area (Å²) in [5.74, 6) is -3.19. The summed E-state index contributed by atoms with van der Waals surface area (Å²) in [7, 11) is 2.57. The second-order valence-electron chi connectivity index (χ2n) is 15.2. The zero-order valence-electron chi connectivity index (χ0n) is 38.0. The third-order valence-electron chi connectivity index (χ3n) is 10.2. The fourth-order valence-corrected chi connectivity index (χ4v) is 6.52. The summed E-state index contributed by atoms with van der Waals surface area (Å²) in [6.45, 7) is 0.888. The van der Waals surface area contributed by atoms with E-state index in [2.05, 4.69) is 18.8 Å². The fraction of sp³-hybridized carbons (Fsp3) is 0.467. The Morgan fingerprint density at radius 1 is 0.522 bits per heavy atom. The molecule has 6 atom stereocenters. The van der Waals surface area contributed by atoms with Crippen molar-refractivity contribution in [2.24, 2.45) is 0 Å². The van der Waals surface area contributed by atoms with Gasteiger partial charge in [-0.2, -0.15) is 0 Å². The highest BCUT2D eigenvalue weighted by Gasteiger charge is 2.56. The van der Waals surface area contributed by atoms with Gasteiger partial charge in [0, 0.05) is 21.1 Å². The molecule has 4 heterocycles. The molecule has 4 fully saturated rings. The SMILES string of the molecule is C.CCC1CO[B-]2(OCC(COC(=O)c3ccc(C(=O)OCCOC(=O)c4ccc(C(=O)OC)cc4)cc3)O2)[OH+]1.CCCOC(=O)c1ccc(C(=O)OC)cc1.OCC1CO[B-]2(OCC(CO)[OH+]2)O1.[2HH]. The van der Waals surface area contributed by atoms with Crippen LogP contribution >= 0.6 is 0 Å². The van der Waals surface area contributed by atoms with Gasteiger partial charge in [-0.1, -0.05) is 21.3 Å². The zero-order valence-corrected chi connectivity index (χ0v) is 38.0. The molecule has 4 aliphatic heterocycles. The van der Waals surface area contributed by atoms with Crippen LogP contribution in [-0.4, -0.2) is 174 Å². The van der Waals surface area contributed by atoms with Crippen molar-refractivity contribution in [2.75, 3.05) is 80.3 Å². The van der Waals surface area contributed by atoms with Gasteiger partial charge in [-0.3, -0.25) is 0 Å². The Balaban J connectivity index is 0.000000341. The van der Waals surface area contributed by atoms with E-state index in [1.54, 1.807) is 12.1 Å². The molecule has 0 bridgehead atoms. The maximum absolute atomic E-state index is 12.4. The van der Waals surface area contributed by atoms with E-state index < -0.39 is 49.9 Å². The Kier molecular flexibility index (Phi) is 22.2. The van der Waals surface area contributed by atoms with Crippen molar-refractivity contribution in [3.8, 4) is 0 Å². The van der Waals surface area contributed by atoms with Crippen LogP contribution in [0.1, 0.15) is 97.7 Å². The number of esters is 6. The van der Waals surface area contributed by atoms with Crippen LogP contribution in [0.2, 0.25) is 0 Å². The fourth-order valence-electron chi connectivity index (χ4n) is 6.52. The van der Waals surface area contributed by atoms with E-state index in [-0.39, 0.29) is 96.1 Å². The Bertz CT molecular complexity index is 2130. The molecule has 4 saturated heterocycles. The summed E-state index contributed by atoms with van der Waals surface area (Å²) in [5, 5.41) is 17.6. The molecular weight excluding hydrogens is 914 g/mol. The van der Waals surface area contributed by atoms with Gasteiger partial charge in [0.25, 0.3) is 0 Å². The molecule has 6 unspecified atom stereocenters. The van der Waals surface area contributed by atoms with Crippen LogP contribution in [-0.2, 0) is 56.3 Å². The Morgan fingerprint density at radius 3 is 1.22 bits per heavy atom. The molecule has 7 rings (SSSR count). The number of carbonyl (C=O) groups is 6. The molecule has 3 aromatic rings. The maximum Gasteiger partial charge on any atom is 0.730 e. The first-order chi connectivity index (χ1) is 32.8. The van der Waals surface area contributed by atoms with Crippen molar-refractivity contribution in [3.63, 3.8) is 0 Å². The molecular formula is C45H62B2O22. The number of aliphatic hydroxyl groups excluding tert-OH is 2. The van der Waals surface area contributed by atoms with Crippen LogP contribution in [0.4, 0.5) is 0 Å². The summed E-state index contributed by atoms with van der Waals surface area (Å²) in [5.41, 5.74) is 1.82. The number of ether oxygens (including phenoxy) is 6. The summed E-state index contributed by atoms with van der Waals surface area (Å²) >= 11 is 0. The van der Waals surface area contributed by atoms with E-state index in [4.69, 9.17) is 57.1 Å². The van der Waals surface area contributed by atoms with Crippen LogP contribution in [0, 0.1) is 0 Å². The van der Waals surface area contributed by atoms with Gasteiger partial charge < -0.3 is 75.9 Å². The summed E-state index contributed by atoms with van der Waals surface area (Å²) < 4.78 is 70.7. The van der Waals surface area contributed by atoms with E-state index in [9.17, 15) is 28.8 Å². The van der Waals surface area contributed by atoms with Gasteiger partial charge in [-0.05, 0) is 79.2 Å². The molecule has 4 N–H and O–H groups in total. The minimum atomic E-state index is -2.12. The Hall–Kier alpha value is -5.79. The third-order valence-corrected chi connectivity index (χ3v) is 10.2. The first-order valence-electron chi connectivity index (χ1n) is 21.8. The molecule has 4 aliphatic rings. The lowest BCUT2D eigenvalue weighted by molar-refractivity contribution is -0.0450. The van der Waals surface area contributed by atoms with Gasteiger partial charge in [-0.15, -0.1) is 0 Å². The number of hydrogen-bond acceptors (Lipinski definition) is 20. The monoisotopic (exact) mass is 977 g/mol. The van der Waals surface area contributed by atoms with Crippen molar-refractivity contribution in [3.05, 3.63) is 106 Å².